The van der Waals surface area contributed by atoms with Crippen molar-refractivity contribution in [3.8, 4) is 0 Å². The van der Waals surface area contributed by atoms with E-state index in [1.165, 1.54) is 19.8 Å². The summed E-state index contributed by atoms with van der Waals surface area (Å²) in [6.45, 7) is 0. The Labute approximate surface area is 125 Å². The molecule has 2 heterocycles. The number of hydrogen-bond acceptors (Lipinski definition) is 3. The van der Waals surface area contributed by atoms with E-state index in [4.69, 9.17) is 11.6 Å². The van der Waals surface area contributed by atoms with Gasteiger partial charge in [0, 0.05) is 25.3 Å². The molecule has 1 aromatic carbocycles. The van der Waals surface area contributed by atoms with E-state index in [0.29, 0.717) is 6.04 Å². The van der Waals surface area contributed by atoms with E-state index in [1.54, 1.807) is 11.3 Å². The smallest absolute Gasteiger partial charge is 0.0454 e. The number of likely N-dealkylation sites (N-methyl/N-ethyl adjacent to an activating group) is 1. The Bertz CT molecular complexity index is 658. The van der Waals surface area contributed by atoms with Crippen LogP contribution in [0.25, 0.3) is 9.40 Å². The fraction of sp³-hybridized carbons (Fsp3) is 0.200. The number of benzene rings is 1. The number of nitrogens with one attached hydrogen (secondary N) is 1. The predicted molar refractivity (Wildman–Crippen MR) is 86.7 cm³/mol. The number of thiophene rings is 2. The van der Waals surface area contributed by atoms with Gasteiger partial charge >= 0.3 is 0 Å². The first-order valence-corrected chi connectivity index (χ1v) is 8.23. The lowest BCUT2D eigenvalue weighted by molar-refractivity contribution is 0.602. The molecule has 0 aliphatic rings. The van der Waals surface area contributed by atoms with E-state index < -0.39 is 0 Å². The Balaban J connectivity index is 1.88. The summed E-state index contributed by atoms with van der Waals surface area (Å²) in [5.74, 6) is 0. The summed E-state index contributed by atoms with van der Waals surface area (Å²) in [5.41, 5.74) is 1.19. The second-order valence-corrected chi connectivity index (χ2v) is 6.90. The van der Waals surface area contributed by atoms with Crippen molar-refractivity contribution in [1.82, 2.24) is 5.32 Å². The number of hydrogen-bond donors (Lipinski definition) is 1. The lowest BCUT2D eigenvalue weighted by Gasteiger charge is -2.15. The standard InChI is InChI=1S/C15H14ClNS2/c1-17-12(8-10-4-2-3-5-11(10)16)14-9-15-13(19-14)6-7-18-15/h2-7,9,12,17H,8H2,1H3. The maximum absolute atomic E-state index is 6.25. The first kappa shape index (κ1) is 13.1. The lowest BCUT2D eigenvalue weighted by Crippen LogP contribution is -2.17. The molecular weight excluding hydrogens is 294 g/mol. The highest BCUT2D eigenvalue weighted by molar-refractivity contribution is 7.26. The van der Waals surface area contributed by atoms with E-state index in [9.17, 15) is 0 Å². The fourth-order valence-corrected chi connectivity index (χ4v) is 4.63. The maximum Gasteiger partial charge on any atom is 0.0454 e. The summed E-state index contributed by atoms with van der Waals surface area (Å²) < 4.78 is 2.75. The minimum absolute atomic E-state index is 0.324. The fourth-order valence-electron chi connectivity index (χ4n) is 2.18. The first-order chi connectivity index (χ1) is 9.28. The van der Waals surface area contributed by atoms with Crippen molar-refractivity contribution in [2.75, 3.05) is 7.05 Å². The highest BCUT2D eigenvalue weighted by Gasteiger charge is 2.15. The van der Waals surface area contributed by atoms with Crippen LogP contribution in [0.5, 0.6) is 0 Å². The van der Waals surface area contributed by atoms with E-state index in [0.717, 1.165) is 11.4 Å². The minimum Gasteiger partial charge on any atom is -0.312 e. The van der Waals surface area contributed by atoms with Gasteiger partial charge in [0.1, 0.15) is 0 Å². The predicted octanol–water partition coefficient (Wildman–Crippen LogP) is 5.12. The summed E-state index contributed by atoms with van der Waals surface area (Å²) >= 11 is 9.92. The van der Waals surface area contributed by atoms with Crippen molar-refractivity contribution in [3.05, 3.63) is 57.2 Å². The van der Waals surface area contributed by atoms with E-state index in [2.05, 4.69) is 28.9 Å². The Kier molecular flexibility index (Phi) is 3.89. The van der Waals surface area contributed by atoms with Crippen LogP contribution < -0.4 is 5.32 Å². The maximum atomic E-state index is 6.25. The second-order valence-electron chi connectivity index (χ2n) is 4.43. The van der Waals surface area contributed by atoms with Gasteiger partial charge < -0.3 is 5.32 Å². The van der Waals surface area contributed by atoms with Crippen molar-refractivity contribution in [1.29, 1.82) is 0 Å². The van der Waals surface area contributed by atoms with Crippen LogP contribution in [0.2, 0.25) is 5.02 Å². The molecule has 0 aliphatic carbocycles. The Morgan fingerprint density at radius 2 is 2.05 bits per heavy atom. The molecule has 0 saturated heterocycles. The number of rotatable bonds is 4. The average molecular weight is 308 g/mol. The zero-order valence-corrected chi connectivity index (χ0v) is 12.9. The first-order valence-electron chi connectivity index (χ1n) is 6.15. The van der Waals surface area contributed by atoms with Crippen LogP contribution in [-0.2, 0) is 6.42 Å². The van der Waals surface area contributed by atoms with Crippen molar-refractivity contribution >= 4 is 43.7 Å². The van der Waals surface area contributed by atoms with Gasteiger partial charge in [-0.1, -0.05) is 29.8 Å². The highest BCUT2D eigenvalue weighted by atomic mass is 35.5. The van der Waals surface area contributed by atoms with Crippen LogP contribution in [-0.4, -0.2) is 7.05 Å². The van der Waals surface area contributed by atoms with Gasteiger partial charge in [0.15, 0.2) is 0 Å². The van der Waals surface area contributed by atoms with Gasteiger partial charge in [-0.15, -0.1) is 22.7 Å². The van der Waals surface area contributed by atoms with Crippen LogP contribution in [0.15, 0.2) is 41.8 Å². The number of fused-ring (bicyclic) bond motifs is 1. The summed E-state index contributed by atoms with van der Waals surface area (Å²) in [6, 6.07) is 12.9. The van der Waals surface area contributed by atoms with E-state index >= 15 is 0 Å². The molecule has 0 fully saturated rings. The molecule has 0 aliphatic heterocycles. The highest BCUT2D eigenvalue weighted by Crippen LogP contribution is 2.35. The van der Waals surface area contributed by atoms with Gasteiger partial charge in [-0.05, 0) is 42.6 Å². The summed E-state index contributed by atoms with van der Waals surface area (Å²) in [6.07, 6.45) is 0.921. The molecule has 2 aromatic heterocycles. The molecule has 1 unspecified atom stereocenters. The molecule has 3 aromatic rings. The molecule has 19 heavy (non-hydrogen) atoms. The number of halogens is 1. The Hall–Kier alpha value is -0.870. The van der Waals surface area contributed by atoms with Crippen LogP contribution in [0.3, 0.4) is 0 Å². The molecule has 1 atom stereocenters. The Morgan fingerprint density at radius 1 is 1.21 bits per heavy atom. The monoisotopic (exact) mass is 307 g/mol. The second kappa shape index (κ2) is 5.63. The summed E-state index contributed by atoms with van der Waals surface area (Å²) in [5, 5.41) is 6.40. The van der Waals surface area contributed by atoms with Crippen molar-refractivity contribution in [3.63, 3.8) is 0 Å². The topological polar surface area (TPSA) is 12.0 Å². The zero-order valence-electron chi connectivity index (χ0n) is 10.5. The SMILES string of the molecule is CNC(Cc1ccccc1Cl)c1cc2sccc2s1. The molecule has 1 nitrogen and oxygen atoms in total. The molecule has 0 saturated carbocycles. The van der Waals surface area contributed by atoms with Gasteiger partial charge in [-0.25, -0.2) is 0 Å². The molecule has 1 N–H and O–H groups in total. The average Bonchev–Trinajstić information content (AvgIpc) is 2.98. The lowest BCUT2D eigenvalue weighted by atomic mass is 10.0. The molecule has 3 rings (SSSR count). The molecular formula is C15H14ClNS2. The van der Waals surface area contributed by atoms with Crippen LogP contribution in [0.1, 0.15) is 16.5 Å². The summed E-state index contributed by atoms with van der Waals surface area (Å²) in [7, 11) is 2.01. The third-order valence-electron chi connectivity index (χ3n) is 3.23. The quantitative estimate of drug-likeness (QED) is 0.705. The van der Waals surface area contributed by atoms with E-state index in [-0.39, 0.29) is 0 Å². The molecule has 0 radical (unpaired) electrons. The normalized spacial score (nSPS) is 12.9. The molecule has 4 heteroatoms. The Morgan fingerprint density at radius 3 is 2.79 bits per heavy atom. The summed E-state index contributed by atoms with van der Waals surface area (Å²) in [4.78, 5) is 1.38. The zero-order chi connectivity index (χ0) is 13.2. The van der Waals surface area contributed by atoms with Crippen LogP contribution in [0, 0.1) is 0 Å². The molecule has 98 valence electrons. The van der Waals surface area contributed by atoms with Crippen molar-refractivity contribution in [2.45, 2.75) is 12.5 Å². The van der Waals surface area contributed by atoms with Crippen molar-refractivity contribution < 1.29 is 0 Å². The van der Waals surface area contributed by atoms with Gasteiger partial charge in [-0.3, -0.25) is 0 Å². The van der Waals surface area contributed by atoms with E-state index in [1.807, 2.05) is 36.6 Å². The van der Waals surface area contributed by atoms with Gasteiger partial charge in [0.2, 0.25) is 0 Å². The van der Waals surface area contributed by atoms with Crippen LogP contribution >= 0.6 is 34.3 Å². The molecule has 0 amide bonds. The van der Waals surface area contributed by atoms with Gasteiger partial charge in [0.25, 0.3) is 0 Å². The van der Waals surface area contributed by atoms with Gasteiger partial charge in [0.05, 0.1) is 0 Å². The third-order valence-corrected chi connectivity index (χ3v) is 5.81. The molecule has 0 spiro atoms. The van der Waals surface area contributed by atoms with Crippen LogP contribution in [0.4, 0.5) is 0 Å². The van der Waals surface area contributed by atoms with Crippen molar-refractivity contribution in [2.24, 2.45) is 0 Å². The third kappa shape index (κ3) is 2.70. The van der Waals surface area contributed by atoms with Gasteiger partial charge in [-0.2, -0.15) is 0 Å². The molecule has 0 bridgehead atoms. The minimum atomic E-state index is 0.324. The largest absolute Gasteiger partial charge is 0.312 e.